The minimum absolute atomic E-state index is 0. The molecule has 2 aromatic carbocycles. The van der Waals surface area contributed by atoms with Gasteiger partial charge in [0.25, 0.3) is 5.56 Å². The zero-order valence-corrected chi connectivity index (χ0v) is 16.7. The Morgan fingerprint density at radius 1 is 1.20 bits per heavy atom. The first-order chi connectivity index (χ1) is 14.5. The van der Waals surface area contributed by atoms with Crippen molar-refractivity contribution in [2.24, 2.45) is 0 Å². The third-order valence-electron chi connectivity index (χ3n) is 4.65. The molecule has 30 heavy (non-hydrogen) atoms. The second-order valence-corrected chi connectivity index (χ2v) is 6.92. The average Bonchev–Trinajstić information content (AvgIpc) is 3.19. The number of ether oxygens (including phenoxy) is 3. The number of anilines is 1. The van der Waals surface area contributed by atoms with Crippen molar-refractivity contribution in [3.63, 3.8) is 0 Å². The molecule has 0 atom stereocenters. The van der Waals surface area contributed by atoms with E-state index in [4.69, 9.17) is 14.2 Å². The van der Waals surface area contributed by atoms with E-state index in [1.165, 1.54) is 4.68 Å². The summed E-state index contributed by atoms with van der Waals surface area (Å²) in [6.07, 6.45) is 0.420. The van der Waals surface area contributed by atoms with Gasteiger partial charge >= 0.3 is 0 Å². The topological polar surface area (TPSA) is 91.7 Å². The molecule has 8 heteroatoms. The molecule has 0 radical (unpaired) electrons. The maximum absolute atomic E-state index is 12.9. The van der Waals surface area contributed by atoms with E-state index in [0.717, 1.165) is 11.3 Å². The standard InChI is InChI=1S/C22H21N3O5.H2/c1-14-8-16(9-15-4-3-5-18(10-15)28-2)22(27)25(24-14)12-21(26)23-17-6-7-19-20(11-17)30-13-29-19;/h3-8,10-11H,9,12-13H2,1-2H3,(H,23,26);1H. The summed E-state index contributed by atoms with van der Waals surface area (Å²) in [5.74, 6) is 1.56. The second-order valence-electron chi connectivity index (χ2n) is 6.92. The first kappa shape index (κ1) is 19.5. The molecule has 1 aliphatic heterocycles. The lowest BCUT2D eigenvalue weighted by Gasteiger charge is -2.10. The van der Waals surface area contributed by atoms with Crippen molar-refractivity contribution in [2.45, 2.75) is 19.9 Å². The molecule has 0 fully saturated rings. The number of aryl methyl sites for hydroxylation is 1. The van der Waals surface area contributed by atoms with Gasteiger partial charge in [0.1, 0.15) is 12.3 Å². The van der Waals surface area contributed by atoms with Crippen LogP contribution in [0.2, 0.25) is 0 Å². The zero-order valence-electron chi connectivity index (χ0n) is 16.7. The number of benzene rings is 2. The Hall–Kier alpha value is -3.81. The summed E-state index contributed by atoms with van der Waals surface area (Å²) in [7, 11) is 1.60. The molecule has 1 amide bonds. The van der Waals surface area contributed by atoms with Crippen molar-refractivity contribution < 1.29 is 20.4 Å². The van der Waals surface area contributed by atoms with Crippen molar-refractivity contribution in [1.82, 2.24) is 9.78 Å². The van der Waals surface area contributed by atoms with Crippen LogP contribution in [0.1, 0.15) is 18.2 Å². The highest BCUT2D eigenvalue weighted by Gasteiger charge is 2.15. The van der Waals surface area contributed by atoms with E-state index in [1.54, 1.807) is 38.3 Å². The van der Waals surface area contributed by atoms with Crippen molar-refractivity contribution in [3.05, 3.63) is 75.7 Å². The molecule has 1 aliphatic rings. The van der Waals surface area contributed by atoms with Gasteiger partial charge in [0.2, 0.25) is 12.7 Å². The lowest BCUT2D eigenvalue weighted by Crippen LogP contribution is -2.32. The van der Waals surface area contributed by atoms with E-state index in [9.17, 15) is 9.59 Å². The largest absolute Gasteiger partial charge is 0.497 e. The molecule has 2 heterocycles. The van der Waals surface area contributed by atoms with Crippen LogP contribution in [0.4, 0.5) is 5.69 Å². The molecule has 0 saturated heterocycles. The van der Waals surface area contributed by atoms with Gasteiger partial charge in [-0.15, -0.1) is 0 Å². The number of amides is 1. The van der Waals surface area contributed by atoms with Gasteiger partial charge in [-0.2, -0.15) is 5.10 Å². The molecule has 4 rings (SSSR count). The summed E-state index contributed by atoms with van der Waals surface area (Å²) in [6.45, 7) is 1.76. The number of carbonyl (C=O) groups is 1. The van der Waals surface area contributed by atoms with E-state index in [-0.39, 0.29) is 26.2 Å². The number of nitrogens with one attached hydrogen (secondary N) is 1. The highest BCUT2D eigenvalue weighted by Crippen LogP contribution is 2.34. The number of carbonyl (C=O) groups excluding carboxylic acids is 1. The Bertz CT molecular complexity index is 1160. The lowest BCUT2D eigenvalue weighted by atomic mass is 10.1. The molecular formula is C22H23N3O5. The van der Waals surface area contributed by atoms with E-state index in [0.29, 0.717) is 34.9 Å². The highest BCUT2D eigenvalue weighted by atomic mass is 16.7. The van der Waals surface area contributed by atoms with Crippen LogP contribution in [0.5, 0.6) is 17.2 Å². The Morgan fingerprint density at radius 2 is 2.03 bits per heavy atom. The van der Waals surface area contributed by atoms with E-state index >= 15 is 0 Å². The molecule has 0 spiro atoms. The summed E-state index contributed by atoms with van der Waals surface area (Å²) < 4.78 is 17.0. The predicted octanol–water partition coefficient (Wildman–Crippen LogP) is 2.76. The smallest absolute Gasteiger partial charge is 0.270 e. The van der Waals surface area contributed by atoms with Gasteiger partial charge in [-0.3, -0.25) is 9.59 Å². The van der Waals surface area contributed by atoms with Crippen molar-refractivity contribution in [1.29, 1.82) is 0 Å². The molecule has 1 aromatic heterocycles. The fraction of sp³-hybridized carbons (Fsp3) is 0.227. The zero-order chi connectivity index (χ0) is 21.1. The minimum atomic E-state index is -0.360. The van der Waals surface area contributed by atoms with Crippen LogP contribution < -0.4 is 25.1 Å². The molecule has 8 nitrogen and oxygen atoms in total. The quantitative estimate of drug-likeness (QED) is 0.673. The van der Waals surface area contributed by atoms with Gasteiger partial charge in [-0.05, 0) is 42.8 Å². The third kappa shape index (κ3) is 4.27. The third-order valence-corrected chi connectivity index (χ3v) is 4.65. The van der Waals surface area contributed by atoms with Crippen LogP contribution in [0.15, 0.2) is 53.3 Å². The summed E-state index contributed by atoms with van der Waals surface area (Å²) in [5, 5.41) is 6.98. The molecule has 0 bridgehead atoms. The van der Waals surface area contributed by atoms with Gasteiger partial charge in [0, 0.05) is 25.2 Å². The summed E-state index contributed by atoms with van der Waals surface area (Å²) in [6, 6.07) is 14.4. The lowest BCUT2D eigenvalue weighted by molar-refractivity contribution is -0.117. The number of hydrogen-bond acceptors (Lipinski definition) is 6. The van der Waals surface area contributed by atoms with Crippen LogP contribution in [0.3, 0.4) is 0 Å². The van der Waals surface area contributed by atoms with Crippen LogP contribution in [0, 0.1) is 6.92 Å². The molecule has 1 N–H and O–H groups in total. The number of nitrogens with zero attached hydrogens (tertiary/aromatic N) is 2. The van der Waals surface area contributed by atoms with Gasteiger partial charge in [-0.25, -0.2) is 4.68 Å². The first-order valence-corrected chi connectivity index (χ1v) is 9.42. The van der Waals surface area contributed by atoms with Crippen LogP contribution in [-0.2, 0) is 17.8 Å². The Balaban J connectivity index is 0.00000272. The SMILES string of the molecule is COc1cccc(Cc2cc(C)nn(CC(=O)Nc3ccc4c(c3)OCO4)c2=O)c1.[HH]. The average molecular weight is 409 g/mol. The van der Waals surface area contributed by atoms with Crippen LogP contribution in [-0.4, -0.2) is 29.6 Å². The Labute approximate surface area is 174 Å². The fourth-order valence-electron chi connectivity index (χ4n) is 3.29. The molecule has 0 saturated carbocycles. The second kappa shape index (κ2) is 8.28. The van der Waals surface area contributed by atoms with Gasteiger partial charge < -0.3 is 19.5 Å². The fourth-order valence-corrected chi connectivity index (χ4v) is 3.29. The van der Waals surface area contributed by atoms with Gasteiger partial charge in [0.05, 0.1) is 12.8 Å². The number of methoxy groups -OCH3 is 1. The predicted molar refractivity (Wildman–Crippen MR) is 112 cm³/mol. The number of rotatable bonds is 6. The maximum atomic E-state index is 12.9. The number of fused-ring (bicyclic) bond motifs is 1. The number of aromatic nitrogens is 2. The molecule has 156 valence electrons. The van der Waals surface area contributed by atoms with Crippen LogP contribution in [0.25, 0.3) is 0 Å². The summed E-state index contributed by atoms with van der Waals surface area (Å²) in [4.78, 5) is 25.4. The maximum Gasteiger partial charge on any atom is 0.270 e. The molecular weight excluding hydrogens is 386 g/mol. The normalized spacial score (nSPS) is 11.9. The van der Waals surface area contributed by atoms with Crippen LogP contribution >= 0.6 is 0 Å². The molecule has 0 unspecified atom stereocenters. The van der Waals surface area contributed by atoms with Gasteiger partial charge in [-0.1, -0.05) is 12.1 Å². The monoisotopic (exact) mass is 409 g/mol. The van der Waals surface area contributed by atoms with Crippen molar-refractivity contribution >= 4 is 11.6 Å². The van der Waals surface area contributed by atoms with E-state index in [2.05, 4.69) is 10.4 Å². The summed E-state index contributed by atoms with van der Waals surface area (Å²) >= 11 is 0. The minimum Gasteiger partial charge on any atom is -0.497 e. The molecule has 3 aromatic rings. The number of hydrogen-bond donors (Lipinski definition) is 1. The van der Waals surface area contributed by atoms with Gasteiger partial charge in [0.15, 0.2) is 11.5 Å². The van der Waals surface area contributed by atoms with E-state index in [1.807, 2.05) is 24.3 Å². The van der Waals surface area contributed by atoms with E-state index < -0.39 is 0 Å². The van der Waals surface area contributed by atoms with Crippen molar-refractivity contribution in [2.75, 3.05) is 19.2 Å². The Kier molecular flexibility index (Phi) is 5.38. The Morgan fingerprint density at radius 3 is 2.87 bits per heavy atom. The van der Waals surface area contributed by atoms with Crippen molar-refractivity contribution in [3.8, 4) is 17.2 Å². The summed E-state index contributed by atoms with van der Waals surface area (Å²) in [5.41, 5.74) is 2.41. The highest BCUT2D eigenvalue weighted by molar-refractivity contribution is 5.90. The first-order valence-electron chi connectivity index (χ1n) is 9.42. The molecule has 0 aliphatic carbocycles.